The number of ether oxygens (including phenoxy) is 1. The molecule has 16 heavy (non-hydrogen) atoms. The Labute approximate surface area is 99.6 Å². The van der Waals surface area contributed by atoms with Gasteiger partial charge in [-0.3, -0.25) is 10.2 Å². The SMILES string of the molecule is CCNC(C)(C#N)CN(CC)C(C)COC. The van der Waals surface area contributed by atoms with E-state index in [-0.39, 0.29) is 0 Å². The van der Waals surface area contributed by atoms with Gasteiger partial charge in [-0.25, -0.2) is 0 Å². The van der Waals surface area contributed by atoms with Gasteiger partial charge in [-0.1, -0.05) is 13.8 Å². The Morgan fingerprint density at radius 1 is 1.50 bits per heavy atom. The molecular weight excluding hydrogens is 202 g/mol. The fourth-order valence-electron chi connectivity index (χ4n) is 1.85. The number of nitrogens with zero attached hydrogens (tertiary/aromatic N) is 2. The summed E-state index contributed by atoms with van der Waals surface area (Å²) in [7, 11) is 1.71. The first-order valence-corrected chi connectivity index (χ1v) is 5.92. The molecule has 0 aliphatic heterocycles. The van der Waals surface area contributed by atoms with Gasteiger partial charge in [0.05, 0.1) is 12.7 Å². The normalized spacial score (nSPS) is 16.8. The topological polar surface area (TPSA) is 48.3 Å². The highest BCUT2D eigenvalue weighted by atomic mass is 16.5. The molecule has 0 aromatic heterocycles. The zero-order chi connectivity index (χ0) is 12.6. The van der Waals surface area contributed by atoms with Crippen molar-refractivity contribution >= 4 is 0 Å². The Balaban J connectivity index is 4.44. The first-order valence-electron chi connectivity index (χ1n) is 5.92. The van der Waals surface area contributed by atoms with Gasteiger partial charge in [-0.05, 0) is 26.9 Å². The van der Waals surface area contributed by atoms with E-state index in [1.807, 2.05) is 13.8 Å². The molecule has 94 valence electrons. The molecule has 4 nitrogen and oxygen atoms in total. The highest BCUT2D eigenvalue weighted by molar-refractivity contribution is 5.05. The molecule has 0 amide bonds. The van der Waals surface area contributed by atoms with Crippen LogP contribution in [0, 0.1) is 11.3 Å². The molecule has 1 N–H and O–H groups in total. The molecule has 2 unspecified atom stereocenters. The Kier molecular flexibility index (Phi) is 7.31. The van der Waals surface area contributed by atoms with E-state index in [2.05, 4.69) is 30.1 Å². The van der Waals surface area contributed by atoms with Crippen LogP contribution >= 0.6 is 0 Å². The average molecular weight is 227 g/mol. The molecule has 0 radical (unpaired) electrons. The summed E-state index contributed by atoms with van der Waals surface area (Å²) < 4.78 is 5.15. The van der Waals surface area contributed by atoms with Gasteiger partial charge >= 0.3 is 0 Å². The van der Waals surface area contributed by atoms with Crippen LogP contribution in [-0.2, 0) is 4.74 Å². The van der Waals surface area contributed by atoms with Crippen molar-refractivity contribution in [1.29, 1.82) is 5.26 Å². The van der Waals surface area contributed by atoms with E-state index in [4.69, 9.17) is 4.74 Å². The quantitative estimate of drug-likeness (QED) is 0.677. The first kappa shape index (κ1) is 15.4. The van der Waals surface area contributed by atoms with E-state index in [1.54, 1.807) is 7.11 Å². The number of rotatable bonds is 8. The third-order valence-electron chi connectivity index (χ3n) is 2.77. The van der Waals surface area contributed by atoms with Crippen LogP contribution in [0.4, 0.5) is 0 Å². The van der Waals surface area contributed by atoms with Crippen LogP contribution in [0.3, 0.4) is 0 Å². The summed E-state index contributed by atoms with van der Waals surface area (Å²) >= 11 is 0. The van der Waals surface area contributed by atoms with Crippen molar-refractivity contribution < 1.29 is 4.74 Å². The fourth-order valence-corrected chi connectivity index (χ4v) is 1.85. The van der Waals surface area contributed by atoms with E-state index >= 15 is 0 Å². The van der Waals surface area contributed by atoms with Crippen molar-refractivity contribution in [3.05, 3.63) is 0 Å². The molecule has 0 aliphatic carbocycles. The summed E-state index contributed by atoms with van der Waals surface area (Å²) in [5.41, 5.74) is -0.479. The lowest BCUT2D eigenvalue weighted by molar-refractivity contribution is 0.0903. The monoisotopic (exact) mass is 227 g/mol. The second-order valence-electron chi connectivity index (χ2n) is 4.34. The summed E-state index contributed by atoms with van der Waals surface area (Å²) in [5.74, 6) is 0. The molecule has 0 saturated heterocycles. The van der Waals surface area contributed by atoms with Crippen molar-refractivity contribution in [2.24, 2.45) is 0 Å². The highest BCUT2D eigenvalue weighted by Crippen LogP contribution is 2.09. The second-order valence-corrected chi connectivity index (χ2v) is 4.34. The standard InChI is InChI=1S/C12H25N3O/c1-6-14-12(4,9-13)10-15(7-2)11(3)8-16-5/h11,14H,6-8,10H2,1-5H3. The number of hydrogen-bond donors (Lipinski definition) is 1. The van der Waals surface area contributed by atoms with Gasteiger partial charge in [0.15, 0.2) is 0 Å². The van der Waals surface area contributed by atoms with Gasteiger partial charge < -0.3 is 4.74 Å². The molecule has 0 aromatic rings. The first-order chi connectivity index (χ1) is 7.52. The van der Waals surface area contributed by atoms with Crippen LogP contribution in [0.5, 0.6) is 0 Å². The largest absolute Gasteiger partial charge is 0.383 e. The molecule has 0 spiro atoms. The third-order valence-corrected chi connectivity index (χ3v) is 2.77. The Morgan fingerprint density at radius 2 is 2.12 bits per heavy atom. The van der Waals surface area contributed by atoms with Crippen LogP contribution in [0.15, 0.2) is 0 Å². The van der Waals surface area contributed by atoms with Gasteiger partial charge in [0.2, 0.25) is 0 Å². The minimum Gasteiger partial charge on any atom is -0.383 e. The van der Waals surface area contributed by atoms with Crippen molar-refractivity contribution in [1.82, 2.24) is 10.2 Å². The molecule has 2 atom stereocenters. The van der Waals surface area contributed by atoms with Crippen molar-refractivity contribution in [2.45, 2.75) is 39.3 Å². The number of methoxy groups -OCH3 is 1. The Morgan fingerprint density at radius 3 is 2.50 bits per heavy atom. The zero-order valence-corrected chi connectivity index (χ0v) is 11.2. The van der Waals surface area contributed by atoms with Crippen LogP contribution in [0.1, 0.15) is 27.7 Å². The number of hydrogen-bond acceptors (Lipinski definition) is 4. The maximum absolute atomic E-state index is 9.20. The van der Waals surface area contributed by atoms with E-state index < -0.39 is 5.54 Å². The van der Waals surface area contributed by atoms with Crippen LogP contribution in [-0.4, -0.2) is 49.8 Å². The van der Waals surface area contributed by atoms with Crippen LogP contribution in [0.2, 0.25) is 0 Å². The van der Waals surface area contributed by atoms with Gasteiger partial charge in [-0.2, -0.15) is 5.26 Å². The summed E-state index contributed by atoms with van der Waals surface area (Å²) in [4.78, 5) is 2.26. The smallest absolute Gasteiger partial charge is 0.116 e. The maximum Gasteiger partial charge on any atom is 0.116 e. The summed E-state index contributed by atoms with van der Waals surface area (Å²) in [6.07, 6.45) is 0. The van der Waals surface area contributed by atoms with Crippen molar-refractivity contribution in [3.63, 3.8) is 0 Å². The van der Waals surface area contributed by atoms with E-state index in [9.17, 15) is 5.26 Å². The predicted molar refractivity (Wildman–Crippen MR) is 66.3 cm³/mol. The maximum atomic E-state index is 9.20. The number of likely N-dealkylation sites (N-methyl/N-ethyl adjacent to an activating group) is 2. The summed E-state index contributed by atoms with van der Waals surface area (Å²) in [6.45, 7) is 11.3. The lowest BCUT2D eigenvalue weighted by atomic mass is 10.0. The van der Waals surface area contributed by atoms with Gasteiger partial charge in [0, 0.05) is 19.7 Å². The number of nitriles is 1. The van der Waals surface area contributed by atoms with Gasteiger partial charge in [-0.15, -0.1) is 0 Å². The molecule has 0 bridgehead atoms. The molecule has 4 heteroatoms. The minimum absolute atomic E-state index is 0.335. The van der Waals surface area contributed by atoms with Crippen molar-refractivity contribution in [3.8, 4) is 6.07 Å². The van der Waals surface area contributed by atoms with Crippen LogP contribution < -0.4 is 5.32 Å². The zero-order valence-electron chi connectivity index (χ0n) is 11.2. The van der Waals surface area contributed by atoms with Gasteiger partial charge in [0.25, 0.3) is 0 Å². The predicted octanol–water partition coefficient (Wildman–Crippen LogP) is 1.23. The molecule has 0 saturated carbocycles. The van der Waals surface area contributed by atoms with E-state index in [1.165, 1.54) is 0 Å². The van der Waals surface area contributed by atoms with E-state index in [0.29, 0.717) is 12.6 Å². The summed E-state index contributed by atoms with van der Waals surface area (Å²) in [5, 5.41) is 12.4. The lowest BCUT2D eigenvalue weighted by Gasteiger charge is -2.34. The molecule has 0 heterocycles. The minimum atomic E-state index is -0.479. The van der Waals surface area contributed by atoms with Gasteiger partial charge in [0.1, 0.15) is 5.54 Å². The van der Waals surface area contributed by atoms with Crippen molar-refractivity contribution in [2.75, 3.05) is 33.4 Å². The number of nitrogens with one attached hydrogen (secondary N) is 1. The van der Waals surface area contributed by atoms with E-state index in [0.717, 1.165) is 19.6 Å². The molecule has 0 rings (SSSR count). The highest BCUT2D eigenvalue weighted by Gasteiger charge is 2.27. The average Bonchev–Trinajstić information content (AvgIpc) is 2.26. The molecular formula is C12H25N3O. The second kappa shape index (κ2) is 7.61. The Hall–Kier alpha value is -0.630. The molecule has 0 aromatic carbocycles. The molecule has 0 aliphatic rings. The Bertz CT molecular complexity index is 227. The molecule has 0 fully saturated rings. The lowest BCUT2D eigenvalue weighted by Crippen LogP contribution is -2.53. The van der Waals surface area contributed by atoms with Crippen LogP contribution in [0.25, 0.3) is 0 Å². The third kappa shape index (κ3) is 4.93. The fraction of sp³-hybridized carbons (Fsp3) is 0.917. The summed E-state index contributed by atoms with van der Waals surface area (Å²) in [6, 6.07) is 2.68.